The molecule has 0 saturated heterocycles. The number of pyridine rings is 1. The number of rotatable bonds is 12. The molecule has 0 fully saturated rings. The summed E-state index contributed by atoms with van der Waals surface area (Å²) in [6.07, 6.45) is 11.3. The molecule has 29 heavy (non-hydrogen) atoms. The number of nitrogens with zero attached hydrogens (tertiary/aromatic N) is 1. The molecule has 0 bridgehead atoms. The number of carbonyl (C=O) groups excluding carboxylic acids is 1. The Morgan fingerprint density at radius 1 is 1.00 bits per heavy atom. The van der Waals surface area contributed by atoms with E-state index in [9.17, 15) is 4.79 Å². The van der Waals surface area contributed by atoms with Crippen LogP contribution in [0.25, 0.3) is 0 Å². The Morgan fingerprint density at radius 3 is 2.31 bits per heavy atom. The molecule has 2 rings (SSSR count). The van der Waals surface area contributed by atoms with Crippen LogP contribution in [0, 0.1) is 0 Å². The number of amides is 1. The molecule has 7 heteroatoms. The van der Waals surface area contributed by atoms with E-state index in [1.165, 1.54) is 44.5 Å². The first-order valence-electron chi connectivity index (χ1n) is 9.98. The van der Waals surface area contributed by atoms with Crippen molar-refractivity contribution < 1.29 is 14.3 Å². The number of aromatic nitrogens is 1. The third-order valence-corrected chi connectivity index (χ3v) is 5.10. The maximum absolute atomic E-state index is 12.6. The zero-order chi connectivity index (χ0) is 21.1. The molecule has 0 radical (unpaired) electrons. The van der Waals surface area contributed by atoms with Gasteiger partial charge >= 0.3 is 0 Å². The van der Waals surface area contributed by atoms with Crippen molar-refractivity contribution in [2.75, 3.05) is 19.0 Å². The molecular weight excluding hydrogens is 411 g/mol. The van der Waals surface area contributed by atoms with E-state index in [1.807, 2.05) is 0 Å². The van der Waals surface area contributed by atoms with E-state index in [1.54, 1.807) is 25.3 Å². The number of halogens is 2. The number of anilines is 1. The van der Waals surface area contributed by atoms with Gasteiger partial charge < -0.3 is 14.8 Å². The molecule has 5 nitrogen and oxygen atoms in total. The lowest BCUT2D eigenvalue weighted by Crippen LogP contribution is -2.13. The molecule has 1 aromatic carbocycles. The Bertz CT molecular complexity index is 779. The molecule has 1 aromatic heterocycles. The molecule has 1 N–H and O–H groups in total. The summed E-state index contributed by atoms with van der Waals surface area (Å²) in [5, 5.41) is 3.27. The normalized spacial score (nSPS) is 10.6. The van der Waals surface area contributed by atoms with Gasteiger partial charge in [-0.15, -0.1) is 0 Å². The minimum Gasteiger partial charge on any atom is -0.493 e. The van der Waals surface area contributed by atoms with E-state index in [4.69, 9.17) is 32.7 Å². The first kappa shape index (κ1) is 23.3. The molecule has 1 heterocycles. The molecule has 1 amide bonds. The number of ether oxygens (including phenoxy) is 2. The van der Waals surface area contributed by atoms with Crippen molar-refractivity contribution in [3.05, 3.63) is 46.2 Å². The largest absolute Gasteiger partial charge is 0.493 e. The van der Waals surface area contributed by atoms with Gasteiger partial charge in [-0.2, -0.15) is 0 Å². The van der Waals surface area contributed by atoms with Crippen LogP contribution in [0.2, 0.25) is 10.0 Å². The van der Waals surface area contributed by atoms with Crippen molar-refractivity contribution in [1.29, 1.82) is 0 Å². The van der Waals surface area contributed by atoms with Crippen LogP contribution >= 0.6 is 23.2 Å². The van der Waals surface area contributed by atoms with Crippen molar-refractivity contribution in [2.45, 2.75) is 51.9 Å². The van der Waals surface area contributed by atoms with Gasteiger partial charge in [-0.1, -0.05) is 68.7 Å². The predicted molar refractivity (Wildman–Crippen MR) is 119 cm³/mol. The highest BCUT2D eigenvalue weighted by Crippen LogP contribution is 2.31. The number of methoxy groups -OCH3 is 1. The van der Waals surface area contributed by atoms with Crippen LogP contribution < -0.4 is 14.8 Å². The van der Waals surface area contributed by atoms with Gasteiger partial charge in [-0.3, -0.25) is 9.78 Å². The highest BCUT2D eigenvalue weighted by Gasteiger charge is 2.15. The van der Waals surface area contributed by atoms with Gasteiger partial charge in [0.2, 0.25) is 0 Å². The molecule has 158 valence electrons. The van der Waals surface area contributed by atoms with Crippen LogP contribution in [0.5, 0.6) is 11.5 Å². The van der Waals surface area contributed by atoms with E-state index < -0.39 is 0 Å². The Kier molecular flexibility index (Phi) is 10.1. The SMILES string of the molecule is CCCCCCCCCOc1cc(C(=O)Nc2c(Cl)cncc2Cl)ccc1OC. The number of carbonyl (C=O) groups is 1. The van der Waals surface area contributed by atoms with Crippen molar-refractivity contribution in [2.24, 2.45) is 0 Å². The highest BCUT2D eigenvalue weighted by atomic mass is 35.5. The van der Waals surface area contributed by atoms with Gasteiger partial charge in [-0.05, 0) is 24.6 Å². The van der Waals surface area contributed by atoms with Gasteiger partial charge in [0, 0.05) is 18.0 Å². The minimum absolute atomic E-state index is 0.273. The lowest BCUT2D eigenvalue weighted by atomic mass is 10.1. The Balaban J connectivity index is 1.94. The Morgan fingerprint density at radius 2 is 1.66 bits per heavy atom. The highest BCUT2D eigenvalue weighted by molar-refractivity contribution is 6.39. The monoisotopic (exact) mass is 438 g/mol. The molecule has 0 unspecified atom stereocenters. The Labute approximate surface area is 182 Å². The zero-order valence-corrected chi connectivity index (χ0v) is 18.5. The van der Waals surface area contributed by atoms with Crippen LogP contribution in [0.4, 0.5) is 5.69 Å². The van der Waals surface area contributed by atoms with Crippen molar-refractivity contribution in [3.63, 3.8) is 0 Å². The number of hydrogen-bond donors (Lipinski definition) is 1. The van der Waals surface area contributed by atoms with Gasteiger partial charge in [0.05, 0.1) is 29.4 Å². The fourth-order valence-corrected chi connectivity index (χ4v) is 3.35. The fourth-order valence-electron chi connectivity index (χ4n) is 2.89. The first-order valence-corrected chi connectivity index (χ1v) is 10.7. The summed E-state index contributed by atoms with van der Waals surface area (Å²) in [6, 6.07) is 5.04. The minimum atomic E-state index is -0.344. The summed E-state index contributed by atoms with van der Waals surface area (Å²) in [4.78, 5) is 16.5. The molecule has 0 saturated carbocycles. The number of nitrogens with one attached hydrogen (secondary N) is 1. The van der Waals surface area contributed by atoms with E-state index in [0.29, 0.717) is 29.4 Å². The van der Waals surface area contributed by atoms with Crippen LogP contribution in [0.1, 0.15) is 62.2 Å². The molecule has 0 atom stereocenters. The lowest BCUT2D eigenvalue weighted by Gasteiger charge is -2.13. The van der Waals surface area contributed by atoms with Crippen LogP contribution in [0.15, 0.2) is 30.6 Å². The van der Waals surface area contributed by atoms with E-state index in [2.05, 4.69) is 17.2 Å². The fraction of sp³-hybridized carbons (Fsp3) is 0.455. The van der Waals surface area contributed by atoms with Crippen molar-refractivity contribution in [3.8, 4) is 11.5 Å². The molecular formula is C22H28Cl2N2O3. The van der Waals surface area contributed by atoms with E-state index in [-0.39, 0.29) is 16.0 Å². The van der Waals surface area contributed by atoms with Crippen LogP contribution in [-0.2, 0) is 0 Å². The summed E-state index contributed by atoms with van der Waals surface area (Å²) in [7, 11) is 1.58. The summed E-state index contributed by atoms with van der Waals surface area (Å²) >= 11 is 12.1. The van der Waals surface area contributed by atoms with Gasteiger partial charge in [0.25, 0.3) is 5.91 Å². The quantitative estimate of drug-likeness (QED) is 0.371. The van der Waals surface area contributed by atoms with Crippen LogP contribution in [0.3, 0.4) is 0 Å². The molecule has 0 spiro atoms. The molecule has 2 aromatic rings. The van der Waals surface area contributed by atoms with Crippen molar-refractivity contribution in [1.82, 2.24) is 4.98 Å². The summed E-state index contributed by atoms with van der Waals surface area (Å²) in [6.45, 7) is 2.80. The smallest absolute Gasteiger partial charge is 0.255 e. The van der Waals surface area contributed by atoms with Gasteiger partial charge in [-0.25, -0.2) is 0 Å². The van der Waals surface area contributed by atoms with E-state index >= 15 is 0 Å². The predicted octanol–water partition coefficient (Wildman–Crippen LogP) is 6.78. The second-order valence-electron chi connectivity index (χ2n) is 6.77. The summed E-state index contributed by atoms with van der Waals surface area (Å²) < 4.78 is 11.2. The molecule has 0 aliphatic rings. The summed E-state index contributed by atoms with van der Waals surface area (Å²) in [5.74, 6) is 0.783. The van der Waals surface area contributed by atoms with Gasteiger partial charge in [0.15, 0.2) is 11.5 Å². The van der Waals surface area contributed by atoms with Crippen molar-refractivity contribution >= 4 is 34.8 Å². The maximum Gasteiger partial charge on any atom is 0.255 e. The third-order valence-electron chi connectivity index (χ3n) is 4.52. The second kappa shape index (κ2) is 12.6. The number of hydrogen-bond acceptors (Lipinski definition) is 4. The number of benzene rings is 1. The Hall–Kier alpha value is -1.98. The topological polar surface area (TPSA) is 60.5 Å². The van der Waals surface area contributed by atoms with Gasteiger partial charge in [0.1, 0.15) is 0 Å². The number of unbranched alkanes of at least 4 members (excludes halogenated alkanes) is 6. The first-order chi connectivity index (χ1) is 14.1. The van der Waals surface area contributed by atoms with Crippen LogP contribution in [-0.4, -0.2) is 24.6 Å². The second-order valence-corrected chi connectivity index (χ2v) is 7.58. The average Bonchev–Trinajstić information content (AvgIpc) is 2.72. The lowest BCUT2D eigenvalue weighted by molar-refractivity contribution is 0.102. The molecule has 0 aliphatic carbocycles. The zero-order valence-electron chi connectivity index (χ0n) is 17.0. The molecule has 0 aliphatic heterocycles. The summed E-state index contributed by atoms with van der Waals surface area (Å²) in [5.41, 5.74) is 0.749. The average molecular weight is 439 g/mol. The maximum atomic E-state index is 12.6. The third kappa shape index (κ3) is 7.41. The standard InChI is InChI=1S/C22H28Cl2N2O3/c1-3-4-5-6-7-8-9-12-29-20-13-16(10-11-19(20)28-2)22(27)26-21-17(23)14-25-15-18(21)24/h10-11,13-15H,3-9,12H2,1-2H3,(H,25,26,27). The van der Waals surface area contributed by atoms with E-state index in [0.717, 1.165) is 12.8 Å².